The zero-order valence-corrected chi connectivity index (χ0v) is 12.2. The van der Waals surface area contributed by atoms with Crippen LogP contribution < -0.4 is 10.9 Å². The lowest BCUT2D eigenvalue weighted by atomic mass is 10.2. The molecule has 0 fully saturated rings. The smallest absolute Gasteiger partial charge is 0.269 e. The van der Waals surface area contributed by atoms with Gasteiger partial charge in [0, 0.05) is 30.3 Å². The number of carbonyl (C=O) groups is 1. The van der Waals surface area contributed by atoms with Gasteiger partial charge in [0.15, 0.2) is 0 Å². The van der Waals surface area contributed by atoms with Gasteiger partial charge < -0.3 is 15.3 Å². The summed E-state index contributed by atoms with van der Waals surface area (Å²) in [5.74, 6) is 0.400. The minimum atomic E-state index is -0.246. The third kappa shape index (κ3) is 3.70. The molecule has 0 saturated carbocycles. The number of hydrogen-bond acceptors (Lipinski definition) is 4. The molecule has 23 heavy (non-hydrogen) atoms. The van der Waals surface area contributed by atoms with Crippen LogP contribution in [0.1, 0.15) is 16.2 Å². The van der Waals surface area contributed by atoms with Gasteiger partial charge in [-0.15, -0.1) is 0 Å². The monoisotopic (exact) mass is 309 g/mol. The zero-order valence-electron chi connectivity index (χ0n) is 12.2. The predicted molar refractivity (Wildman–Crippen MR) is 84.9 cm³/mol. The minimum absolute atomic E-state index is 0.206. The molecule has 0 bridgehead atoms. The fourth-order valence-corrected chi connectivity index (χ4v) is 2.12. The number of nitrogens with zero attached hydrogens (tertiary/aromatic N) is 2. The van der Waals surface area contributed by atoms with Crippen LogP contribution >= 0.6 is 0 Å². The van der Waals surface area contributed by atoms with E-state index in [4.69, 9.17) is 0 Å². The topological polar surface area (TPSA) is 104 Å². The van der Waals surface area contributed by atoms with Gasteiger partial charge in [-0.2, -0.15) is 0 Å². The van der Waals surface area contributed by atoms with Crippen LogP contribution in [0, 0.1) is 0 Å². The number of aromatic amines is 2. The Morgan fingerprint density at radius 3 is 2.78 bits per heavy atom. The normalized spacial score (nSPS) is 10.4. The molecular weight excluding hydrogens is 294 g/mol. The van der Waals surface area contributed by atoms with Gasteiger partial charge >= 0.3 is 0 Å². The van der Waals surface area contributed by atoms with Gasteiger partial charge in [0.2, 0.25) is 0 Å². The third-order valence-electron chi connectivity index (χ3n) is 3.27. The summed E-state index contributed by atoms with van der Waals surface area (Å²) >= 11 is 0. The molecule has 0 aliphatic heterocycles. The first-order valence-electron chi connectivity index (χ1n) is 7.14. The van der Waals surface area contributed by atoms with Crippen molar-refractivity contribution in [1.29, 1.82) is 0 Å². The maximum atomic E-state index is 12.1. The third-order valence-corrected chi connectivity index (χ3v) is 3.27. The zero-order chi connectivity index (χ0) is 16.1. The lowest BCUT2D eigenvalue weighted by Gasteiger charge is -2.03. The van der Waals surface area contributed by atoms with Crippen molar-refractivity contribution in [2.45, 2.75) is 6.42 Å². The Bertz CT molecular complexity index is 854. The molecule has 0 atom stereocenters. The van der Waals surface area contributed by atoms with Crippen LogP contribution in [0.5, 0.6) is 0 Å². The quantitative estimate of drug-likeness (QED) is 0.657. The molecule has 7 heteroatoms. The van der Waals surface area contributed by atoms with E-state index in [1.807, 2.05) is 30.3 Å². The average Bonchev–Trinajstić information content (AvgIpc) is 3.06. The van der Waals surface area contributed by atoms with Gasteiger partial charge in [-0.1, -0.05) is 30.3 Å². The van der Waals surface area contributed by atoms with E-state index in [-0.39, 0.29) is 11.5 Å². The maximum Gasteiger partial charge on any atom is 0.269 e. The van der Waals surface area contributed by atoms with E-state index < -0.39 is 0 Å². The number of rotatable bonds is 5. The standard InChI is InChI=1S/C16H15N5O2/c22-14-8-12(19-10-20-14)6-7-17-16(23)13-9-18-15(21-13)11-4-2-1-3-5-11/h1-5,8-10H,6-7H2,(H,17,23)(H,18,21)(H,19,20,22). The molecule has 7 nitrogen and oxygen atoms in total. The van der Waals surface area contributed by atoms with Crippen molar-refractivity contribution in [2.24, 2.45) is 0 Å². The van der Waals surface area contributed by atoms with Crippen molar-refractivity contribution in [1.82, 2.24) is 25.3 Å². The Morgan fingerprint density at radius 2 is 2.00 bits per heavy atom. The van der Waals surface area contributed by atoms with E-state index in [1.54, 1.807) is 0 Å². The molecule has 3 aromatic rings. The van der Waals surface area contributed by atoms with E-state index in [2.05, 4.69) is 25.3 Å². The molecule has 2 aromatic heterocycles. The van der Waals surface area contributed by atoms with E-state index in [1.165, 1.54) is 18.6 Å². The van der Waals surface area contributed by atoms with Crippen LogP contribution in [0.4, 0.5) is 0 Å². The molecule has 0 aliphatic carbocycles. The van der Waals surface area contributed by atoms with Crippen molar-refractivity contribution in [3.05, 3.63) is 70.7 Å². The molecule has 2 heterocycles. The summed E-state index contributed by atoms with van der Waals surface area (Å²) in [5, 5.41) is 2.77. The van der Waals surface area contributed by atoms with Crippen LogP contribution in [-0.2, 0) is 6.42 Å². The minimum Gasteiger partial charge on any atom is -0.350 e. The Kier molecular flexibility index (Phi) is 4.28. The molecule has 3 rings (SSSR count). The molecule has 116 valence electrons. The average molecular weight is 309 g/mol. The number of carbonyl (C=O) groups excluding carboxylic acids is 1. The number of H-pyrrole nitrogens is 2. The summed E-state index contributed by atoms with van der Waals surface area (Å²) in [6.07, 6.45) is 3.33. The van der Waals surface area contributed by atoms with Gasteiger partial charge in [0.1, 0.15) is 11.5 Å². The van der Waals surface area contributed by atoms with Gasteiger partial charge in [0.05, 0.1) is 12.5 Å². The number of amides is 1. The van der Waals surface area contributed by atoms with Crippen molar-refractivity contribution in [3.8, 4) is 11.4 Å². The van der Waals surface area contributed by atoms with Gasteiger partial charge in [-0.05, 0) is 0 Å². The molecule has 0 saturated heterocycles. The first-order valence-corrected chi connectivity index (χ1v) is 7.14. The molecule has 0 aliphatic rings. The van der Waals surface area contributed by atoms with Crippen LogP contribution in [0.2, 0.25) is 0 Å². The van der Waals surface area contributed by atoms with E-state index in [0.717, 1.165) is 5.56 Å². The second-order valence-corrected chi connectivity index (χ2v) is 4.92. The lowest BCUT2D eigenvalue weighted by Crippen LogP contribution is -2.26. The number of aromatic nitrogens is 4. The Labute approximate surface area is 131 Å². The summed E-state index contributed by atoms with van der Waals surface area (Å²) in [4.78, 5) is 36.9. The number of benzene rings is 1. The second kappa shape index (κ2) is 6.69. The Morgan fingerprint density at radius 1 is 1.17 bits per heavy atom. The van der Waals surface area contributed by atoms with Crippen LogP contribution in [0.25, 0.3) is 11.4 Å². The molecule has 0 radical (unpaired) electrons. The number of hydrogen-bond donors (Lipinski definition) is 3. The van der Waals surface area contributed by atoms with Crippen molar-refractivity contribution >= 4 is 5.91 Å². The highest BCUT2D eigenvalue weighted by molar-refractivity contribution is 5.92. The summed E-state index contributed by atoms with van der Waals surface area (Å²) in [7, 11) is 0. The predicted octanol–water partition coefficient (Wildman–Crippen LogP) is 1.13. The van der Waals surface area contributed by atoms with E-state index in [9.17, 15) is 9.59 Å². The van der Waals surface area contributed by atoms with Crippen molar-refractivity contribution < 1.29 is 4.79 Å². The molecule has 3 N–H and O–H groups in total. The number of nitrogens with one attached hydrogen (secondary N) is 3. The van der Waals surface area contributed by atoms with Crippen LogP contribution in [-0.4, -0.2) is 32.4 Å². The largest absolute Gasteiger partial charge is 0.350 e. The fourth-order valence-electron chi connectivity index (χ4n) is 2.12. The fraction of sp³-hybridized carbons (Fsp3) is 0.125. The highest BCUT2D eigenvalue weighted by Crippen LogP contribution is 2.14. The summed E-state index contributed by atoms with van der Waals surface area (Å²) in [6.45, 7) is 0.384. The van der Waals surface area contributed by atoms with Gasteiger partial charge in [-0.3, -0.25) is 9.59 Å². The number of imidazole rings is 1. The van der Waals surface area contributed by atoms with Gasteiger partial charge in [0.25, 0.3) is 11.5 Å². The molecular formula is C16H15N5O2. The lowest BCUT2D eigenvalue weighted by molar-refractivity contribution is 0.0949. The first kappa shape index (κ1) is 14.7. The summed E-state index contributed by atoms with van der Waals surface area (Å²) < 4.78 is 0. The SMILES string of the molecule is O=C(NCCc1cc(=O)[nH]cn1)c1cnc(-c2ccccc2)[nH]1. The molecule has 1 amide bonds. The molecule has 0 spiro atoms. The Balaban J connectivity index is 1.59. The summed E-state index contributed by atoms with van der Waals surface area (Å²) in [5.41, 5.74) is 1.73. The Hall–Kier alpha value is -3.22. The van der Waals surface area contributed by atoms with Crippen molar-refractivity contribution in [2.75, 3.05) is 6.54 Å². The first-order chi connectivity index (χ1) is 11.2. The van der Waals surface area contributed by atoms with Crippen molar-refractivity contribution in [3.63, 3.8) is 0 Å². The van der Waals surface area contributed by atoms with Crippen LogP contribution in [0.3, 0.4) is 0 Å². The van der Waals surface area contributed by atoms with Gasteiger partial charge in [-0.25, -0.2) is 9.97 Å². The van der Waals surface area contributed by atoms with E-state index in [0.29, 0.717) is 30.2 Å². The highest BCUT2D eigenvalue weighted by atomic mass is 16.2. The second-order valence-electron chi connectivity index (χ2n) is 4.92. The molecule has 0 unspecified atom stereocenters. The molecule has 1 aromatic carbocycles. The summed E-state index contributed by atoms with van der Waals surface area (Å²) in [6, 6.07) is 11.0. The highest BCUT2D eigenvalue weighted by Gasteiger charge is 2.10. The van der Waals surface area contributed by atoms with E-state index >= 15 is 0 Å². The van der Waals surface area contributed by atoms with Crippen LogP contribution in [0.15, 0.2) is 53.7 Å². The maximum absolute atomic E-state index is 12.1.